The molecule has 78 valence electrons. The summed E-state index contributed by atoms with van der Waals surface area (Å²) in [5.41, 5.74) is 6.99. The van der Waals surface area contributed by atoms with Gasteiger partial charge in [0.15, 0.2) is 0 Å². The first-order valence-corrected chi connectivity index (χ1v) is 5.01. The van der Waals surface area contributed by atoms with Crippen LogP contribution in [0.2, 0.25) is 0 Å². The van der Waals surface area contributed by atoms with Crippen LogP contribution in [0.3, 0.4) is 0 Å². The fourth-order valence-corrected chi connectivity index (χ4v) is 1.45. The molecule has 1 aromatic rings. The Hall–Kier alpha value is -0.930. The second-order valence-electron chi connectivity index (χ2n) is 3.85. The lowest BCUT2D eigenvalue weighted by atomic mass is 10.2. The topological polar surface area (TPSA) is 42.1 Å². The molecular weight excluding hydrogens is 174 g/mol. The summed E-state index contributed by atoms with van der Waals surface area (Å²) in [5.74, 6) is 0. The highest BCUT2D eigenvalue weighted by atomic mass is 15.1. The number of nitrogens with zero attached hydrogens (tertiary/aromatic N) is 2. The van der Waals surface area contributed by atoms with E-state index in [0.29, 0.717) is 0 Å². The van der Waals surface area contributed by atoms with Gasteiger partial charge in [0.1, 0.15) is 0 Å². The van der Waals surface area contributed by atoms with Crippen molar-refractivity contribution in [2.45, 2.75) is 19.4 Å². The average molecular weight is 193 g/mol. The van der Waals surface area contributed by atoms with Crippen LogP contribution < -0.4 is 5.73 Å². The summed E-state index contributed by atoms with van der Waals surface area (Å²) in [6, 6.07) is 4.32. The molecule has 0 aliphatic rings. The molecule has 1 heterocycles. The van der Waals surface area contributed by atoms with Gasteiger partial charge in [-0.15, -0.1) is 0 Å². The minimum atomic E-state index is 0.244. The summed E-state index contributed by atoms with van der Waals surface area (Å²) < 4.78 is 0. The van der Waals surface area contributed by atoms with Crippen molar-refractivity contribution in [3.63, 3.8) is 0 Å². The monoisotopic (exact) mass is 193 g/mol. The van der Waals surface area contributed by atoms with Crippen molar-refractivity contribution in [2.24, 2.45) is 5.73 Å². The molecule has 0 bridgehead atoms. The Bertz CT molecular complexity index is 246. The van der Waals surface area contributed by atoms with E-state index in [2.05, 4.69) is 23.0 Å². The predicted octanol–water partition coefficient (Wildman–Crippen LogP) is 0.903. The molecule has 3 heteroatoms. The van der Waals surface area contributed by atoms with E-state index in [9.17, 15) is 0 Å². The van der Waals surface area contributed by atoms with Gasteiger partial charge < -0.3 is 10.6 Å². The van der Waals surface area contributed by atoms with Gasteiger partial charge in [-0.25, -0.2) is 0 Å². The average Bonchev–Trinajstić information content (AvgIpc) is 2.15. The van der Waals surface area contributed by atoms with Crippen molar-refractivity contribution in [1.82, 2.24) is 9.88 Å². The lowest BCUT2D eigenvalue weighted by molar-refractivity contribution is 0.321. The summed E-state index contributed by atoms with van der Waals surface area (Å²) in [4.78, 5) is 6.33. The van der Waals surface area contributed by atoms with Gasteiger partial charge in [-0.1, -0.05) is 6.07 Å². The molecule has 0 aliphatic carbocycles. The molecule has 0 amide bonds. The number of rotatable bonds is 5. The van der Waals surface area contributed by atoms with Gasteiger partial charge in [-0.2, -0.15) is 0 Å². The predicted molar refractivity (Wildman–Crippen MR) is 59.1 cm³/mol. The molecule has 1 rings (SSSR count). The van der Waals surface area contributed by atoms with E-state index in [1.54, 1.807) is 6.20 Å². The smallest absolute Gasteiger partial charge is 0.0300 e. The van der Waals surface area contributed by atoms with Crippen molar-refractivity contribution in [2.75, 3.05) is 20.1 Å². The second kappa shape index (κ2) is 5.73. The molecule has 1 unspecified atom stereocenters. The quantitative estimate of drug-likeness (QED) is 0.755. The van der Waals surface area contributed by atoms with Gasteiger partial charge in [-0.3, -0.25) is 4.98 Å². The van der Waals surface area contributed by atoms with Gasteiger partial charge in [-0.05, 0) is 32.0 Å². The van der Waals surface area contributed by atoms with E-state index < -0.39 is 0 Å². The van der Waals surface area contributed by atoms with E-state index in [0.717, 1.165) is 19.5 Å². The number of hydrogen-bond acceptors (Lipinski definition) is 3. The molecule has 0 saturated heterocycles. The summed E-state index contributed by atoms with van der Waals surface area (Å²) in [5, 5.41) is 0. The summed E-state index contributed by atoms with van der Waals surface area (Å²) in [7, 11) is 2.10. The Kier molecular flexibility index (Phi) is 4.56. The van der Waals surface area contributed by atoms with Crippen LogP contribution in [0.1, 0.15) is 12.5 Å². The molecule has 0 spiro atoms. The first-order valence-electron chi connectivity index (χ1n) is 5.01. The first-order chi connectivity index (χ1) is 6.68. The van der Waals surface area contributed by atoms with Crippen LogP contribution in [0.4, 0.5) is 0 Å². The Morgan fingerprint density at radius 3 is 2.93 bits per heavy atom. The third-order valence-corrected chi connectivity index (χ3v) is 2.10. The van der Waals surface area contributed by atoms with Crippen LogP contribution in [0.25, 0.3) is 0 Å². The van der Waals surface area contributed by atoms with Gasteiger partial charge in [0, 0.05) is 31.5 Å². The molecule has 14 heavy (non-hydrogen) atoms. The molecule has 2 N–H and O–H groups in total. The highest BCUT2D eigenvalue weighted by Crippen LogP contribution is 1.98. The first kappa shape index (κ1) is 11.1. The number of likely N-dealkylation sites (N-methyl/N-ethyl adjacent to an activating group) is 1. The molecule has 0 radical (unpaired) electrons. The normalized spacial score (nSPS) is 13.1. The molecule has 3 nitrogen and oxygen atoms in total. The standard InChI is InChI=1S/C11H19N3/c1-10(12)9-14(2)7-5-11-4-3-6-13-8-11/h3-4,6,8,10H,5,7,9,12H2,1-2H3. The van der Waals surface area contributed by atoms with Crippen molar-refractivity contribution in [3.05, 3.63) is 30.1 Å². The number of hydrogen-bond donors (Lipinski definition) is 1. The zero-order chi connectivity index (χ0) is 10.4. The maximum atomic E-state index is 5.71. The SMILES string of the molecule is CC(N)CN(C)CCc1cccnc1. The van der Waals surface area contributed by atoms with Crippen LogP contribution in [-0.4, -0.2) is 36.1 Å². The van der Waals surface area contributed by atoms with E-state index >= 15 is 0 Å². The van der Waals surface area contributed by atoms with Crippen LogP contribution in [0.5, 0.6) is 0 Å². The minimum Gasteiger partial charge on any atom is -0.327 e. The largest absolute Gasteiger partial charge is 0.327 e. The minimum absolute atomic E-state index is 0.244. The lowest BCUT2D eigenvalue weighted by Gasteiger charge is -2.18. The van der Waals surface area contributed by atoms with Crippen LogP contribution in [0, 0.1) is 0 Å². The van der Waals surface area contributed by atoms with E-state index in [1.165, 1.54) is 5.56 Å². The Balaban J connectivity index is 2.27. The third kappa shape index (κ3) is 4.35. The van der Waals surface area contributed by atoms with Crippen molar-refractivity contribution in [1.29, 1.82) is 0 Å². The molecule has 0 aliphatic heterocycles. The highest BCUT2D eigenvalue weighted by Gasteiger charge is 2.01. The fraction of sp³-hybridized carbons (Fsp3) is 0.545. The Labute approximate surface area is 85.9 Å². The Morgan fingerprint density at radius 2 is 2.36 bits per heavy atom. The van der Waals surface area contributed by atoms with Crippen LogP contribution >= 0.6 is 0 Å². The zero-order valence-electron chi connectivity index (χ0n) is 8.98. The summed E-state index contributed by atoms with van der Waals surface area (Å²) in [6.07, 6.45) is 4.76. The second-order valence-corrected chi connectivity index (χ2v) is 3.85. The van der Waals surface area contributed by atoms with Gasteiger partial charge >= 0.3 is 0 Å². The van der Waals surface area contributed by atoms with Crippen LogP contribution in [-0.2, 0) is 6.42 Å². The van der Waals surface area contributed by atoms with Gasteiger partial charge in [0.2, 0.25) is 0 Å². The molecule has 1 atom stereocenters. The van der Waals surface area contributed by atoms with E-state index in [1.807, 2.05) is 19.2 Å². The van der Waals surface area contributed by atoms with Crippen molar-refractivity contribution in [3.8, 4) is 0 Å². The van der Waals surface area contributed by atoms with Crippen LogP contribution in [0.15, 0.2) is 24.5 Å². The van der Waals surface area contributed by atoms with Crippen molar-refractivity contribution >= 4 is 0 Å². The number of aromatic nitrogens is 1. The molecule has 1 aromatic heterocycles. The molecule has 0 aromatic carbocycles. The Morgan fingerprint density at radius 1 is 1.57 bits per heavy atom. The van der Waals surface area contributed by atoms with Gasteiger partial charge in [0.05, 0.1) is 0 Å². The summed E-state index contributed by atoms with van der Waals surface area (Å²) >= 11 is 0. The van der Waals surface area contributed by atoms with Gasteiger partial charge in [0.25, 0.3) is 0 Å². The number of pyridine rings is 1. The van der Waals surface area contributed by atoms with Crippen molar-refractivity contribution < 1.29 is 0 Å². The number of nitrogens with two attached hydrogens (primary N) is 1. The third-order valence-electron chi connectivity index (χ3n) is 2.10. The highest BCUT2D eigenvalue weighted by molar-refractivity contribution is 5.08. The lowest BCUT2D eigenvalue weighted by Crippen LogP contribution is -2.34. The summed E-state index contributed by atoms with van der Waals surface area (Å²) in [6.45, 7) is 4.01. The zero-order valence-corrected chi connectivity index (χ0v) is 8.98. The maximum absolute atomic E-state index is 5.71. The van der Waals surface area contributed by atoms with E-state index in [4.69, 9.17) is 5.73 Å². The molecule has 0 saturated carbocycles. The molecule has 0 fully saturated rings. The molecular formula is C11H19N3. The van der Waals surface area contributed by atoms with E-state index in [-0.39, 0.29) is 6.04 Å². The maximum Gasteiger partial charge on any atom is 0.0300 e. The fourth-order valence-electron chi connectivity index (χ4n) is 1.45.